The molecule has 4 nitrogen and oxygen atoms in total. The Morgan fingerprint density at radius 3 is 2.29 bits per heavy atom. The minimum atomic E-state index is -2.87. The van der Waals surface area contributed by atoms with E-state index in [4.69, 9.17) is 4.89 Å². The Hall–Kier alpha value is -0.180. The van der Waals surface area contributed by atoms with E-state index < -0.39 is 13.7 Å². The fourth-order valence-corrected chi connectivity index (χ4v) is 0.361. The molecule has 0 saturated carbocycles. The lowest BCUT2D eigenvalue weighted by molar-refractivity contribution is 0.222. The van der Waals surface area contributed by atoms with Crippen molar-refractivity contribution in [2.75, 3.05) is 0 Å². The SMILES string of the molecule is O=C(Cl)O[P+](=O)O. The van der Waals surface area contributed by atoms with E-state index in [1.165, 1.54) is 0 Å². The third-order valence-electron chi connectivity index (χ3n) is 0.150. The van der Waals surface area contributed by atoms with Crippen LogP contribution < -0.4 is 0 Å². The lowest BCUT2D eigenvalue weighted by atomic mass is 11.6. The largest absolute Gasteiger partial charge is 0.751 e. The minimum Gasteiger partial charge on any atom is -0.227 e. The normalized spacial score (nSPS) is 10.3. The van der Waals surface area contributed by atoms with Crippen molar-refractivity contribution in [3.63, 3.8) is 0 Å². The Bertz CT molecular complexity index is 87.9. The summed E-state index contributed by atoms with van der Waals surface area (Å²) in [6, 6.07) is 0. The summed E-state index contributed by atoms with van der Waals surface area (Å²) < 4.78 is 12.9. The van der Waals surface area contributed by atoms with Crippen molar-refractivity contribution in [1.82, 2.24) is 0 Å². The molecule has 1 unspecified atom stereocenters. The van der Waals surface area contributed by atoms with Crippen molar-refractivity contribution in [2.45, 2.75) is 0 Å². The van der Waals surface area contributed by atoms with Crippen molar-refractivity contribution in [3.8, 4) is 0 Å². The van der Waals surface area contributed by atoms with Gasteiger partial charge in [0.1, 0.15) is 0 Å². The second kappa shape index (κ2) is 2.91. The minimum absolute atomic E-state index is 1.27. The van der Waals surface area contributed by atoms with E-state index in [9.17, 15) is 9.36 Å². The van der Waals surface area contributed by atoms with E-state index in [1.54, 1.807) is 0 Å². The Kier molecular flexibility index (Phi) is 2.83. The monoisotopic (exact) mass is 143 g/mol. The van der Waals surface area contributed by atoms with Crippen molar-refractivity contribution >= 4 is 25.3 Å². The van der Waals surface area contributed by atoms with Crippen LogP contribution in [0.4, 0.5) is 4.79 Å². The van der Waals surface area contributed by atoms with Gasteiger partial charge < -0.3 is 0 Å². The van der Waals surface area contributed by atoms with Crippen molar-refractivity contribution < 1.29 is 18.8 Å². The van der Waals surface area contributed by atoms with Crippen LogP contribution in [0.1, 0.15) is 0 Å². The van der Waals surface area contributed by atoms with E-state index in [2.05, 4.69) is 16.1 Å². The van der Waals surface area contributed by atoms with Crippen LogP contribution in [0, 0.1) is 0 Å². The van der Waals surface area contributed by atoms with E-state index in [0.29, 0.717) is 0 Å². The predicted octanol–water partition coefficient (Wildman–Crippen LogP) is 1.01. The van der Waals surface area contributed by atoms with Gasteiger partial charge in [0.05, 0.1) is 0 Å². The Balaban J connectivity index is 3.32. The first-order valence-corrected chi connectivity index (χ1v) is 2.67. The number of rotatable bonds is 1. The van der Waals surface area contributed by atoms with Crippen molar-refractivity contribution in [2.24, 2.45) is 0 Å². The number of hydrogen-bond donors (Lipinski definition) is 1. The molecule has 1 N–H and O–H groups in total. The third-order valence-corrected chi connectivity index (χ3v) is 0.657. The van der Waals surface area contributed by atoms with Gasteiger partial charge in [-0.15, -0.1) is 4.89 Å². The summed E-state index contributed by atoms with van der Waals surface area (Å²) in [7, 11) is -2.87. The summed E-state index contributed by atoms with van der Waals surface area (Å²) in [4.78, 5) is 17.2. The summed E-state index contributed by atoms with van der Waals surface area (Å²) >= 11 is 4.47. The fraction of sp³-hybridized carbons (Fsp3) is 0. The Labute approximate surface area is 45.0 Å². The van der Waals surface area contributed by atoms with Crippen molar-refractivity contribution in [1.29, 1.82) is 0 Å². The van der Waals surface area contributed by atoms with Crippen LogP contribution in [0.15, 0.2) is 0 Å². The molecule has 40 valence electrons. The number of hydrogen-bond acceptors (Lipinski definition) is 3. The number of carbonyl (C=O) groups is 1. The lowest BCUT2D eigenvalue weighted by Gasteiger charge is -1.68. The first kappa shape index (κ1) is 6.82. The maximum atomic E-state index is 9.45. The highest BCUT2D eigenvalue weighted by Gasteiger charge is 2.16. The zero-order chi connectivity index (χ0) is 5.86. The fourth-order valence-electron chi connectivity index (χ4n) is 0.0614. The van der Waals surface area contributed by atoms with E-state index in [-0.39, 0.29) is 0 Å². The summed E-state index contributed by atoms with van der Waals surface area (Å²) in [6.07, 6.45) is 0. The van der Waals surface area contributed by atoms with Gasteiger partial charge in [-0.1, -0.05) is 0 Å². The molecule has 0 bridgehead atoms. The number of halogens is 1. The molecule has 0 aromatic heterocycles. The first-order valence-electron chi connectivity index (χ1n) is 1.16. The molecule has 1 atom stereocenters. The molecule has 0 aliphatic rings. The zero-order valence-corrected chi connectivity index (χ0v) is 4.65. The van der Waals surface area contributed by atoms with Gasteiger partial charge in [-0.2, -0.15) is 4.52 Å². The Morgan fingerprint density at radius 2 is 2.29 bits per heavy atom. The van der Waals surface area contributed by atoms with Crippen LogP contribution in [0.5, 0.6) is 0 Å². The molecule has 0 aromatic carbocycles. The van der Waals surface area contributed by atoms with Gasteiger partial charge in [0.2, 0.25) is 0 Å². The third kappa shape index (κ3) is 5.82. The molecule has 0 aromatic rings. The van der Waals surface area contributed by atoms with E-state index >= 15 is 0 Å². The van der Waals surface area contributed by atoms with Crippen LogP contribution in [-0.4, -0.2) is 10.3 Å². The summed E-state index contributed by atoms with van der Waals surface area (Å²) in [5.74, 6) is 0. The molecule has 7 heavy (non-hydrogen) atoms. The van der Waals surface area contributed by atoms with E-state index in [0.717, 1.165) is 0 Å². The molecule has 0 heterocycles. The average molecular weight is 143 g/mol. The van der Waals surface area contributed by atoms with Gasteiger partial charge >= 0.3 is 13.7 Å². The molecular weight excluding hydrogens is 142 g/mol. The van der Waals surface area contributed by atoms with Crippen molar-refractivity contribution in [3.05, 3.63) is 0 Å². The maximum Gasteiger partial charge on any atom is 0.751 e. The molecule has 6 heteroatoms. The highest BCUT2D eigenvalue weighted by Crippen LogP contribution is 2.15. The van der Waals surface area contributed by atoms with Crippen LogP contribution in [0.3, 0.4) is 0 Å². The molecule has 0 aliphatic heterocycles. The zero-order valence-electron chi connectivity index (χ0n) is 3.00. The molecule has 0 saturated heterocycles. The van der Waals surface area contributed by atoms with Crippen LogP contribution in [0.2, 0.25) is 0 Å². The molecule has 0 rings (SSSR count). The summed E-state index contributed by atoms with van der Waals surface area (Å²) in [5.41, 5.74) is -1.27. The predicted molar refractivity (Wildman–Crippen MR) is 22.2 cm³/mol. The van der Waals surface area contributed by atoms with Gasteiger partial charge in [-0.3, -0.25) is 0 Å². The molecule has 0 fully saturated rings. The highest BCUT2D eigenvalue weighted by molar-refractivity contribution is 7.33. The molecule has 0 radical (unpaired) electrons. The lowest BCUT2D eigenvalue weighted by Crippen LogP contribution is -1.79. The van der Waals surface area contributed by atoms with Gasteiger partial charge in [0.25, 0.3) is 0 Å². The van der Waals surface area contributed by atoms with Gasteiger partial charge in [0.15, 0.2) is 0 Å². The molecule has 0 amide bonds. The summed E-state index contributed by atoms with van der Waals surface area (Å²) in [5, 5.41) is 0. The second-order valence-corrected chi connectivity index (χ2v) is 1.53. The molecule has 0 aliphatic carbocycles. The first-order chi connectivity index (χ1) is 3.13. The van der Waals surface area contributed by atoms with Gasteiger partial charge in [0, 0.05) is 16.2 Å². The summed E-state index contributed by atoms with van der Waals surface area (Å²) in [6.45, 7) is 0. The number of carbonyl (C=O) groups excluding carboxylic acids is 1. The maximum absolute atomic E-state index is 9.45. The van der Waals surface area contributed by atoms with Gasteiger partial charge in [-0.05, 0) is 0 Å². The van der Waals surface area contributed by atoms with Crippen LogP contribution >= 0.6 is 19.9 Å². The van der Waals surface area contributed by atoms with E-state index in [1.807, 2.05) is 0 Å². The topological polar surface area (TPSA) is 63.6 Å². The molecular formula is CHClO4P+. The smallest absolute Gasteiger partial charge is 0.227 e. The standard InChI is InChI=1S/CClO4P/c2-1(3)6-7(4)5/p+1. The Morgan fingerprint density at radius 1 is 1.86 bits per heavy atom. The van der Waals surface area contributed by atoms with Gasteiger partial charge in [-0.25, -0.2) is 4.79 Å². The van der Waals surface area contributed by atoms with Crippen LogP contribution in [0.25, 0.3) is 0 Å². The van der Waals surface area contributed by atoms with Crippen LogP contribution in [-0.2, 0) is 9.09 Å². The average Bonchev–Trinajstić information content (AvgIpc) is 1.27. The molecule has 0 spiro atoms. The second-order valence-electron chi connectivity index (χ2n) is 0.567. The quantitative estimate of drug-likeness (QED) is 0.440. The highest BCUT2D eigenvalue weighted by atomic mass is 35.5.